The van der Waals surface area contributed by atoms with Gasteiger partial charge in [-0.05, 0) is 25.3 Å². The van der Waals surface area contributed by atoms with Crippen molar-refractivity contribution >= 4 is 0 Å². The molecule has 0 aromatic rings. The molecule has 1 fully saturated rings. The van der Waals surface area contributed by atoms with Gasteiger partial charge < -0.3 is 20.4 Å². The Morgan fingerprint density at radius 3 is 2.26 bits per heavy atom. The minimum Gasteiger partial charge on any atom is -0.395 e. The number of hydrogen-bond donors (Lipinski definition) is 4. The first-order valence-electron chi connectivity index (χ1n) is 7.44. The first-order valence-corrected chi connectivity index (χ1v) is 7.44. The van der Waals surface area contributed by atoms with Crippen LogP contribution >= 0.6 is 0 Å². The first-order chi connectivity index (χ1) is 9.04. The van der Waals surface area contributed by atoms with Crippen LogP contribution in [0.1, 0.15) is 39.5 Å². The fourth-order valence-corrected chi connectivity index (χ4v) is 2.92. The van der Waals surface area contributed by atoms with E-state index in [1.165, 1.54) is 12.8 Å². The molecule has 0 bridgehead atoms. The summed E-state index contributed by atoms with van der Waals surface area (Å²) in [7, 11) is 0. The van der Waals surface area contributed by atoms with Crippen molar-refractivity contribution in [2.45, 2.75) is 63.9 Å². The zero-order valence-electron chi connectivity index (χ0n) is 12.1. The van der Waals surface area contributed by atoms with Gasteiger partial charge in [0.05, 0.1) is 18.8 Å². The lowest BCUT2D eigenvalue weighted by molar-refractivity contribution is -0.145. The second-order valence-electron chi connectivity index (χ2n) is 5.62. The Labute approximate surface area is 115 Å². The molecule has 19 heavy (non-hydrogen) atoms. The molecule has 0 spiro atoms. The zero-order chi connectivity index (χ0) is 14.4. The lowest BCUT2D eigenvalue weighted by Crippen LogP contribution is -2.62. The van der Waals surface area contributed by atoms with E-state index in [1.807, 2.05) is 4.90 Å². The molecule has 114 valence electrons. The molecular formula is C14H29NO4. The molecule has 1 aliphatic rings. The minimum atomic E-state index is -1.16. The van der Waals surface area contributed by atoms with E-state index in [0.717, 1.165) is 25.3 Å². The van der Waals surface area contributed by atoms with Crippen molar-refractivity contribution in [3.63, 3.8) is 0 Å². The van der Waals surface area contributed by atoms with Gasteiger partial charge in [0.2, 0.25) is 0 Å². The van der Waals surface area contributed by atoms with E-state index in [9.17, 15) is 20.4 Å². The smallest absolute Gasteiger partial charge is 0.109 e. The molecule has 0 radical (unpaired) electrons. The van der Waals surface area contributed by atoms with Gasteiger partial charge in [0.1, 0.15) is 12.2 Å². The minimum absolute atomic E-state index is 0.198. The van der Waals surface area contributed by atoms with Crippen molar-refractivity contribution in [3.05, 3.63) is 0 Å². The van der Waals surface area contributed by atoms with Crippen molar-refractivity contribution in [1.29, 1.82) is 0 Å². The summed E-state index contributed by atoms with van der Waals surface area (Å²) in [6.45, 7) is 5.23. The molecule has 1 heterocycles. The van der Waals surface area contributed by atoms with Gasteiger partial charge in [-0.15, -0.1) is 0 Å². The molecule has 5 heteroatoms. The number of rotatable bonds is 7. The maximum atomic E-state index is 9.87. The van der Waals surface area contributed by atoms with E-state index in [0.29, 0.717) is 6.54 Å². The van der Waals surface area contributed by atoms with Gasteiger partial charge in [-0.2, -0.15) is 0 Å². The van der Waals surface area contributed by atoms with Crippen LogP contribution in [0.15, 0.2) is 0 Å². The van der Waals surface area contributed by atoms with Gasteiger partial charge in [0.15, 0.2) is 0 Å². The fraction of sp³-hybridized carbons (Fsp3) is 1.00. The number of aliphatic hydroxyl groups excluding tert-OH is 4. The van der Waals surface area contributed by atoms with Crippen LogP contribution in [0.2, 0.25) is 0 Å². The van der Waals surface area contributed by atoms with Crippen LogP contribution < -0.4 is 0 Å². The van der Waals surface area contributed by atoms with Crippen molar-refractivity contribution in [2.75, 3.05) is 19.7 Å². The summed E-state index contributed by atoms with van der Waals surface area (Å²) < 4.78 is 0. The number of hydrogen-bond acceptors (Lipinski definition) is 5. The van der Waals surface area contributed by atoms with Crippen LogP contribution in [0, 0.1) is 5.92 Å². The third-order valence-corrected chi connectivity index (χ3v) is 4.43. The number of nitrogens with zero attached hydrogens (tertiary/aromatic N) is 1. The van der Waals surface area contributed by atoms with Gasteiger partial charge in [-0.3, -0.25) is 4.90 Å². The summed E-state index contributed by atoms with van der Waals surface area (Å²) >= 11 is 0. The average molecular weight is 275 g/mol. The Morgan fingerprint density at radius 2 is 1.74 bits per heavy atom. The number of aliphatic hydroxyl groups is 4. The van der Waals surface area contributed by atoms with Crippen LogP contribution in [-0.4, -0.2) is 69.4 Å². The molecule has 0 aromatic heterocycles. The molecule has 0 amide bonds. The second kappa shape index (κ2) is 8.17. The highest BCUT2D eigenvalue weighted by atomic mass is 16.4. The van der Waals surface area contributed by atoms with Crippen molar-refractivity contribution < 1.29 is 20.4 Å². The van der Waals surface area contributed by atoms with Crippen LogP contribution in [0.25, 0.3) is 0 Å². The predicted octanol–water partition coefficient (Wildman–Crippen LogP) is -0.0380. The Kier molecular flexibility index (Phi) is 7.25. The molecular weight excluding hydrogens is 246 g/mol. The Hall–Kier alpha value is -0.200. The normalized spacial score (nSPS) is 33.0. The maximum Gasteiger partial charge on any atom is 0.109 e. The summed E-state index contributed by atoms with van der Waals surface area (Å²) in [6.07, 6.45) is 1.27. The van der Waals surface area contributed by atoms with E-state index in [4.69, 9.17) is 0 Å². The number of piperidine rings is 1. The third-order valence-electron chi connectivity index (χ3n) is 4.43. The summed E-state index contributed by atoms with van der Waals surface area (Å²) in [6, 6.07) is -0.472. The number of likely N-dealkylation sites (tertiary alicyclic amines) is 1. The van der Waals surface area contributed by atoms with E-state index in [2.05, 4.69) is 13.8 Å². The molecule has 1 saturated heterocycles. The van der Waals surface area contributed by atoms with E-state index >= 15 is 0 Å². The Morgan fingerprint density at radius 1 is 1.11 bits per heavy atom. The monoisotopic (exact) mass is 275 g/mol. The summed E-state index contributed by atoms with van der Waals surface area (Å²) in [5.41, 5.74) is 0. The summed E-state index contributed by atoms with van der Waals surface area (Å²) in [5, 5.41) is 38.5. The molecule has 0 aliphatic carbocycles. The van der Waals surface area contributed by atoms with Crippen LogP contribution in [0.3, 0.4) is 0 Å². The van der Waals surface area contributed by atoms with Gasteiger partial charge in [-0.1, -0.05) is 26.7 Å². The quantitative estimate of drug-likeness (QED) is 0.524. The van der Waals surface area contributed by atoms with E-state index in [-0.39, 0.29) is 6.61 Å². The van der Waals surface area contributed by atoms with E-state index < -0.39 is 24.4 Å². The molecule has 0 unspecified atom stereocenters. The Bertz CT molecular complexity index is 248. The highest BCUT2D eigenvalue weighted by Crippen LogP contribution is 2.21. The lowest BCUT2D eigenvalue weighted by atomic mass is 9.93. The molecule has 4 N–H and O–H groups in total. The summed E-state index contributed by atoms with van der Waals surface area (Å²) in [5.74, 6) is 0.720. The van der Waals surface area contributed by atoms with Crippen LogP contribution in [0.5, 0.6) is 0 Å². The van der Waals surface area contributed by atoms with Crippen LogP contribution in [-0.2, 0) is 0 Å². The topological polar surface area (TPSA) is 84.2 Å². The van der Waals surface area contributed by atoms with Gasteiger partial charge in [0.25, 0.3) is 0 Å². The predicted molar refractivity (Wildman–Crippen MR) is 73.8 cm³/mol. The molecule has 5 nitrogen and oxygen atoms in total. The standard InChI is InChI=1S/C14H29NO4/c1-3-10(4-2)6-5-7-15-8-12(17)14(19)13(18)11(15)9-16/h10-14,16-19H,3-9H2,1-2H3/t11-,12+,13-,14-/m1/s1. The van der Waals surface area contributed by atoms with Gasteiger partial charge in [0, 0.05) is 6.54 Å². The molecule has 0 saturated carbocycles. The average Bonchev–Trinajstić information content (AvgIpc) is 2.41. The van der Waals surface area contributed by atoms with Crippen molar-refractivity contribution in [1.82, 2.24) is 4.90 Å². The highest BCUT2D eigenvalue weighted by molar-refractivity contribution is 4.94. The van der Waals surface area contributed by atoms with E-state index in [1.54, 1.807) is 0 Å². The molecule has 0 aromatic carbocycles. The van der Waals surface area contributed by atoms with Gasteiger partial charge in [-0.25, -0.2) is 0 Å². The van der Waals surface area contributed by atoms with Crippen molar-refractivity contribution in [3.8, 4) is 0 Å². The fourth-order valence-electron chi connectivity index (χ4n) is 2.92. The first kappa shape index (κ1) is 16.9. The summed E-state index contributed by atoms with van der Waals surface area (Å²) in [4.78, 5) is 1.89. The largest absolute Gasteiger partial charge is 0.395 e. The maximum absolute atomic E-state index is 9.87. The Balaban J connectivity index is 2.46. The third kappa shape index (κ3) is 4.39. The molecule has 1 rings (SSSR count). The second-order valence-corrected chi connectivity index (χ2v) is 5.62. The van der Waals surface area contributed by atoms with Gasteiger partial charge >= 0.3 is 0 Å². The van der Waals surface area contributed by atoms with Crippen molar-refractivity contribution in [2.24, 2.45) is 5.92 Å². The highest BCUT2D eigenvalue weighted by Gasteiger charge is 2.40. The SMILES string of the molecule is CCC(CC)CCCN1C[C@H](O)[C@@H](O)[C@H](O)[C@H]1CO. The lowest BCUT2D eigenvalue weighted by Gasteiger charge is -2.43. The number of β-amino-alcohol motifs (C(OH)–C–C–N with tert-alkyl or cyclic N) is 1. The van der Waals surface area contributed by atoms with Crippen LogP contribution in [0.4, 0.5) is 0 Å². The zero-order valence-corrected chi connectivity index (χ0v) is 12.1. The molecule has 4 atom stereocenters. The molecule has 1 aliphatic heterocycles.